The summed E-state index contributed by atoms with van der Waals surface area (Å²) in [5.74, 6) is 0.655. The molecule has 66 heavy (non-hydrogen) atoms. The summed E-state index contributed by atoms with van der Waals surface area (Å²) in [6.45, 7) is 16.2. The van der Waals surface area contributed by atoms with Crippen molar-refractivity contribution >= 4 is 22.9 Å². The molecule has 0 amide bonds. The van der Waals surface area contributed by atoms with E-state index in [4.69, 9.17) is 9.40 Å². The van der Waals surface area contributed by atoms with Gasteiger partial charge < -0.3 is 4.42 Å². The van der Waals surface area contributed by atoms with E-state index in [0.29, 0.717) is 5.89 Å². The third-order valence-electron chi connectivity index (χ3n) is 13.8. The Morgan fingerprint density at radius 3 is 1.62 bits per heavy atom. The number of rotatable bonds is 29. The van der Waals surface area contributed by atoms with Gasteiger partial charge in [0.25, 0.3) is 0 Å². The van der Waals surface area contributed by atoms with Crippen molar-refractivity contribution in [1.29, 1.82) is 0 Å². The highest BCUT2D eigenvalue weighted by Crippen LogP contribution is 2.39. The van der Waals surface area contributed by atoms with Crippen LogP contribution < -0.4 is 10.4 Å². The van der Waals surface area contributed by atoms with Gasteiger partial charge in [0.05, 0.1) is 17.4 Å². The molecule has 1 aliphatic rings. The Bertz CT molecular complexity index is 2200. The van der Waals surface area contributed by atoms with E-state index in [0.717, 1.165) is 40.9 Å². The normalized spacial score (nSPS) is 14.4. The molecule has 4 aromatic carbocycles. The minimum atomic E-state index is 0.0398. The second kappa shape index (κ2) is 26.1. The van der Waals surface area contributed by atoms with Crippen LogP contribution in [0.5, 0.6) is 0 Å². The molecule has 0 aliphatic carbocycles. The van der Waals surface area contributed by atoms with Gasteiger partial charge in [0.15, 0.2) is 5.58 Å². The van der Waals surface area contributed by atoms with Crippen LogP contribution in [0.2, 0.25) is 0 Å². The van der Waals surface area contributed by atoms with Crippen molar-refractivity contribution in [3.8, 4) is 11.5 Å². The second-order valence-electron chi connectivity index (χ2n) is 21.6. The van der Waals surface area contributed by atoms with Crippen LogP contribution >= 0.6 is 0 Å². The Balaban J connectivity index is 1.09. The third kappa shape index (κ3) is 16.3. The fraction of sp³-hybridized carbons (Fsp3) is 0.532. The number of allylic oxidation sites excluding steroid dienone is 1. The molecule has 1 aliphatic heterocycles. The number of nitrogens with one attached hydrogen (secondary N) is 1. The maximum absolute atomic E-state index is 6.35. The first kappa shape index (κ1) is 50.8. The largest absolute Gasteiger partial charge is 0.436 e. The van der Waals surface area contributed by atoms with Crippen molar-refractivity contribution in [1.82, 2.24) is 10.4 Å². The van der Waals surface area contributed by atoms with Crippen LogP contribution in [0.1, 0.15) is 217 Å². The SMILES string of the molecule is CCCCCCCCCCCCc1ccc(C=CC2=CC(c3ccc(CCCCCCCCCCCC)cc3)N(c3ccc(-c4nc5cc(C(C)(C)CC(C)(C)C)ccc5o4)cc3)N2)cc1. The van der Waals surface area contributed by atoms with Crippen molar-refractivity contribution in [3.63, 3.8) is 0 Å². The van der Waals surface area contributed by atoms with Gasteiger partial charge in [-0.3, -0.25) is 10.4 Å². The number of oxazole rings is 1. The number of fused-ring (bicyclic) bond motifs is 1. The molecule has 1 atom stereocenters. The summed E-state index contributed by atoms with van der Waals surface area (Å²) in [6, 6.07) is 33.8. The highest BCUT2D eigenvalue weighted by atomic mass is 16.3. The van der Waals surface area contributed by atoms with Crippen molar-refractivity contribution in [3.05, 3.63) is 137 Å². The van der Waals surface area contributed by atoms with Crippen LogP contribution in [0.25, 0.3) is 28.6 Å². The quantitative estimate of drug-likeness (QED) is 0.0486. The minimum absolute atomic E-state index is 0.0398. The number of benzene rings is 4. The summed E-state index contributed by atoms with van der Waals surface area (Å²) in [5, 5.41) is 2.30. The van der Waals surface area contributed by atoms with E-state index < -0.39 is 0 Å². The standard InChI is InChI=1S/C62H87N3O/c1-8-10-12-14-16-18-20-22-24-26-28-49-30-32-51(33-31-49)36-42-55-47-58(52-37-34-50(35-38-52)29-27-25-23-21-19-17-15-13-11-9-2)65(64-55)56-43-39-53(40-44-56)60-63-57-46-54(41-45-59(57)66-60)62(6,7)48-61(3,4)5/h30-47,58,64H,8-29,48H2,1-7H3. The predicted octanol–water partition coefficient (Wildman–Crippen LogP) is 18.8. The maximum atomic E-state index is 6.35. The zero-order valence-electron chi connectivity index (χ0n) is 42.5. The summed E-state index contributed by atoms with van der Waals surface area (Å²) in [5.41, 5.74) is 15.6. The van der Waals surface area contributed by atoms with E-state index in [1.807, 2.05) is 0 Å². The van der Waals surface area contributed by atoms with Crippen LogP contribution in [-0.2, 0) is 18.3 Å². The highest BCUT2D eigenvalue weighted by Gasteiger charge is 2.29. The average molecular weight is 890 g/mol. The van der Waals surface area contributed by atoms with Crippen molar-refractivity contribution < 1.29 is 4.42 Å². The number of nitrogens with zero attached hydrogens (tertiary/aromatic N) is 2. The molecule has 0 fully saturated rings. The number of hydrogen-bond donors (Lipinski definition) is 1. The third-order valence-corrected chi connectivity index (χ3v) is 13.8. The molecule has 0 bridgehead atoms. The van der Waals surface area contributed by atoms with Crippen LogP contribution in [0.15, 0.2) is 113 Å². The van der Waals surface area contributed by atoms with Gasteiger partial charge in [-0.2, -0.15) is 0 Å². The fourth-order valence-electron chi connectivity index (χ4n) is 10.2. The molecule has 4 nitrogen and oxygen atoms in total. The van der Waals surface area contributed by atoms with E-state index in [2.05, 4.69) is 168 Å². The van der Waals surface area contributed by atoms with Crippen LogP contribution in [0, 0.1) is 5.41 Å². The summed E-state index contributed by atoms with van der Waals surface area (Å²) < 4.78 is 6.35. The molecule has 0 saturated heterocycles. The van der Waals surface area contributed by atoms with E-state index in [1.165, 1.54) is 163 Å². The molecule has 0 radical (unpaired) electrons. The second-order valence-corrected chi connectivity index (χ2v) is 21.6. The number of anilines is 1. The van der Waals surface area contributed by atoms with E-state index in [9.17, 15) is 0 Å². The van der Waals surface area contributed by atoms with Gasteiger partial charge in [0.2, 0.25) is 5.89 Å². The lowest BCUT2D eigenvalue weighted by molar-refractivity contribution is 0.284. The van der Waals surface area contributed by atoms with Crippen LogP contribution in [-0.4, -0.2) is 4.98 Å². The molecule has 1 aromatic heterocycles. The molecule has 1 N–H and O–H groups in total. The van der Waals surface area contributed by atoms with E-state index >= 15 is 0 Å². The van der Waals surface area contributed by atoms with Gasteiger partial charge in [-0.15, -0.1) is 0 Å². The Kier molecular flexibility index (Phi) is 20.1. The molecule has 0 saturated carbocycles. The lowest BCUT2D eigenvalue weighted by Crippen LogP contribution is -2.34. The molecular weight excluding hydrogens is 803 g/mol. The molecule has 5 aromatic rings. The molecule has 0 spiro atoms. The highest BCUT2D eigenvalue weighted by molar-refractivity contribution is 5.77. The lowest BCUT2D eigenvalue weighted by atomic mass is 9.72. The summed E-state index contributed by atoms with van der Waals surface area (Å²) in [7, 11) is 0. The predicted molar refractivity (Wildman–Crippen MR) is 286 cm³/mol. The van der Waals surface area contributed by atoms with Crippen molar-refractivity contribution in [2.45, 2.75) is 208 Å². The first-order chi connectivity index (χ1) is 32.0. The van der Waals surface area contributed by atoms with Gasteiger partial charge in [-0.25, -0.2) is 4.98 Å². The number of unbranched alkanes of at least 4 members (excludes halogenated alkanes) is 18. The first-order valence-corrected chi connectivity index (χ1v) is 26.7. The Morgan fingerprint density at radius 1 is 0.576 bits per heavy atom. The number of hydrazine groups is 1. The van der Waals surface area contributed by atoms with Gasteiger partial charge >= 0.3 is 0 Å². The lowest BCUT2D eigenvalue weighted by Gasteiger charge is -2.32. The first-order valence-electron chi connectivity index (χ1n) is 26.7. The minimum Gasteiger partial charge on any atom is -0.436 e. The molecule has 1 unspecified atom stereocenters. The Morgan fingerprint density at radius 2 is 1.09 bits per heavy atom. The summed E-state index contributed by atoms with van der Waals surface area (Å²) in [4.78, 5) is 5.00. The monoisotopic (exact) mass is 890 g/mol. The zero-order chi connectivity index (χ0) is 46.6. The molecule has 4 heteroatoms. The van der Waals surface area contributed by atoms with Crippen molar-refractivity contribution in [2.24, 2.45) is 5.41 Å². The van der Waals surface area contributed by atoms with Gasteiger partial charge in [0, 0.05) is 5.56 Å². The number of aromatic nitrogens is 1. The Labute approximate surface area is 402 Å². The van der Waals surface area contributed by atoms with Gasteiger partial charge in [-0.1, -0.05) is 225 Å². The molecular formula is C62H87N3O. The Hall–Kier alpha value is -4.57. The topological polar surface area (TPSA) is 41.3 Å². The average Bonchev–Trinajstić information content (AvgIpc) is 3.94. The van der Waals surface area contributed by atoms with Crippen LogP contribution in [0.3, 0.4) is 0 Å². The number of aryl methyl sites for hydroxylation is 2. The van der Waals surface area contributed by atoms with Crippen molar-refractivity contribution in [2.75, 3.05) is 5.01 Å². The van der Waals surface area contributed by atoms with Gasteiger partial charge in [-0.05, 0) is 119 Å². The molecule has 356 valence electrons. The van der Waals surface area contributed by atoms with E-state index in [1.54, 1.807) is 0 Å². The molecule has 6 rings (SSSR count). The fourth-order valence-corrected chi connectivity index (χ4v) is 10.2. The van der Waals surface area contributed by atoms with Crippen LogP contribution in [0.4, 0.5) is 5.69 Å². The zero-order valence-corrected chi connectivity index (χ0v) is 42.5. The summed E-state index contributed by atoms with van der Waals surface area (Å²) in [6.07, 6.45) is 37.7. The maximum Gasteiger partial charge on any atom is 0.227 e. The van der Waals surface area contributed by atoms with Gasteiger partial charge in [0.1, 0.15) is 5.52 Å². The van der Waals surface area contributed by atoms with E-state index in [-0.39, 0.29) is 16.9 Å². The summed E-state index contributed by atoms with van der Waals surface area (Å²) >= 11 is 0. The molecule has 2 heterocycles. The number of hydrogen-bond acceptors (Lipinski definition) is 4. The smallest absolute Gasteiger partial charge is 0.227 e.